The van der Waals surface area contributed by atoms with Crippen LogP contribution in [0.25, 0.3) is 0 Å². The number of rotatable bonds is 5. The van der Waals surface area contributed by atoms with Crippen molar-refractivity contribution in [3.05, 3.63) is 0 Å². The van der Waals surface area contributed by atoms with E-state index in [0.717, 1.165) is 36.0 Å². The Bertz CT molecular complexity index is 422. The SMILES string of the molecule is CCCC[C@H]1CCC2C(CCC3C[C@@](C#N)(CCC)CCC32)C1. The van der Waals surface area contributed by atoms with E-state index in [1.54, 1.807) is 0 Å². The molecule has 0 heterocycles. The highest BCUT2D eigenvalue weighted by Crippen LogP contribution is 2.56. The Morgan fingerprint density at radius 3 is 2.48 bits per heavy atom. The molecule has 130 valence electrons. The number of hydrogen-bond donors (Lipinski definition) is 0. The van der Waals surface area contributed by atoms with Crippen LogP contribution >= 0.6 is 0 Å². The molecule has 0 aromatic rings. The molecule has 0 N–H and O–H groups in total. The fourth-order valence-corrected chi connectivity index (χ4v) is 6.64. The summed E-state index contributed by atoms with van der Waals surface area (Å²) in [4.78, 5) is 0. The topological polar surface area (TPSA) is 23.8 Å². The quantitative estimate of drug-likeness (QED) is 0.551. The predicted octanol–water partition coefficient (Wildman–Crippen LogP) is 6.73. The molecule has 1 heteroatoms. The molecule has 3 saturated carbocycles. The minimum Gasteiger partial charge on any atom is -0.198 e. The first-order valence-electron chi connectivity index (χ1n) is 10.6. The standard InChI is InChI=1S/C22H37N/c1-3-5-6-17-7-10-20-18(14-17)8-9-19-15-22(16-23,12-4-2)13-11-21(19)20/h17-21H,3-15H2,1-2H3/t17-,18?,19?,20?,21?,22+/m0/s1. The zero-order valence-corrected chi connectivity index (χ0v) is 15.5. The Labute approximate surface area is 144 Å². The van der Waals surface area contributed by atoms with E-state index >= 15 is 0 Å². The van der Waals surface area contributed by atoms with Crippen molar-refractivity contribution in [1.29, 1.82) is 5.26 Å². The van der Waals surface area contributed by atoms with E-state index < -0.39 is 0 Å². The van der Waals surface area contributed by atoms with Gasteiger partial charge < -0.3 is 0 Å². The van der Waals surface area contributed by atoms with Crippen LogP contribution in [-0.2, 0) is 0 Å². The Kier molecular flexibility index (Phi) is 5.71. The molecule has 3 rings (SSSR count). The van der Waals surface area contributed by atoms with E-state index in [4.69, 9.17) is 0 Å². The molecule has 0 aromatic carbocycles. The van der Waals surface area contributed by atoms with E-state index in [2.05, 4.69) is 19.9 Å². The van der Waals surface area contributed by atoms with Gasteiger partial charge in [-0.1, -0.05) is 46.0 Å². The van der Waals surface area contributed by atoms with Gasteiger partial charge in [0.25, 0.3) is 0 Å². The number of unbranched alkanes of at least 4 members (excludes halogenated alkanes) is 1. The molecular formula is C22H37N. The molecule has 0 spiro atoms. The van der Waals surface area contributed by atoms with Crippen LogP contribution in [0.2, 0.25) is 0 Å². The summed E-state index contributed by atoms with van der Waals surface area (Å²) in [5.74, 6) is 4.94. The molecule has 0 saturated heterocycles. The first-order chi connectivity index (χ1) is 11.2. The predicted molar refractivity (Wildman–Crippen MR) is 96.9 cm³/mol. The fourth-order valence-electron chi connectivity index (χ4n) is 6.64. The molecule has 0 bridgehead atoms. The lowest BCUT2D eigenvalue weighted by Crippen LogP contribution is -2.44. The van der Waals surface area contributed by atoms with Gasteiger partial charge in [0.1, 0.15) is 0 Å². The number of fused-ring (bicyclic) bond motifs is 3. The monoisotopic (exact) mass is 315 g/mol. The highest BCUT2D eigenvalue weighted by atomic mass is 14.5. The van der Waals surface area contributed by atoms with E-state index in [1.807, 2.05) is 0 Å². The average molecular weight is 316 g/mol. The maximum atomic E-state index is 9.76. The van der Waals surface area contributed by atoms with Gasteiger partial charge in [-0.15, -0.1) is 0 Å². The molecule has 0 amide bonds. The average Bonchev–Trinajstić information content (AvgIpc) is 2.59. The van der Waals surface area contributed by atoms with Gasteiger partial charge >= 0.3 is 0 Å². The van der Waals surface area contributed by atoms with Crippen molar-refractivity contribution < 1.29 is 0 Å². The zero-order chi connectivity index (χ0) is 16.3. The van der Waals surface area contributed by atoms with E-state index in [-0.39, 0.29) is 5.41 Å². The van der Waals surface area contributed by atoms with Crippen molar-refractivity contribution in [1.82, 2.24) is 0 Å². The fraction of sp³-hybridized carbons (Fsp3) is 0.955. The van der Waals surface area contributed by atoms with Gasteiger partial charge in [0.15, 0.2) is 0 Å². The van der Waals surface area contributed by atoms with Gasteiger partial charge in [0, 0.05) is 0 Å². The van der Waals surface area contributed by atoms with Crippen LogP contribution < -0.4 is 0 Å². The lowest BCUT2D eigenvalue weighted by atomic mass is 9.52. The van der Waals surface area contributed by atoms with Gasteiger partial charge in [0.2, 0.25) is 0 Å². The molecule has 0 aliphatic heterocycles. The Balaban J connectivity index is 1.61. The van der Waals surface area contributed by atoms with Gasteiger partial charge in [-0.3, -0.25) is 0 Å². The maximum Gasteiger partial charge on any atom is 0.0689 e. The highest BCUT2D eigenvalue weighted by Gasteiger charge is 2.48. The van der Waals surface area contributed by atoms with Crippen LogP contribution in [0.15, 0.2) is 0 Å². The van der Waals surface area contributed by atoms with Gasteiger partial charge in [0.05, 0.1) is 11.5 Å². The maximum absolute atomic E-state index is 9.76. The Morgan fingerprint density at radius 1 is 0.957 bits per heavy atom. The number of hydrogen-bond acceptors (Lipinski definition) is 1. The summed E-state index contributed by atoms with van der Waals surface area (Å²) >= 11 is 0. The number of nitriles is 1. The second-order valence-corrected chi connectivity index (χ2v) is 9.13. The smallest absolute Gasteiger partial charge is 0.0689 e. The van der Waals surface area contributed by atoms with E-state index in [1.165, 1.54) is 77.0 Å². The third kappa shape index (κ3) is 3.62. The Morgan fingerprint density at radius 2 is 1.74 bits per heavy atom. The summed E-state index contributed by atoms with van der Waals surface area (Å²) < 4.78 is 0. The molecule has 4 unspecified atom stereocenters. The first kappa shape index (κ1) is 17.3. The molecule has 3 fully saturated rings. The summed E-state index contributed by atoms with van der Waals surface area (Å²) in [6.45, 7) is 4.58. The molecule has 3 aliphatic rings. The van der Waals surface area contributed by atoms with Crippen LogP contribution in [0.3, 0.4) is 0 Å². The molecule has 0 radical (unpaired) electrons. The van der Waals surface area contributed by atoms with Crippen LogP contribution in [0.1, 0.15) is 97.3 Å². The number of nitrogens with zero attached hydrogens (tertiary/aromatic N) is 1. The van der Waals surface area contributed by atoms with Crippen LogP contribution in [0, 0.1) is 46.3 Å². The minimum atomic E-state index is 0.0427. The summed E-state index contributed by atoms with van der Waals surface area (Å²) in [6, 6.07) is 2.75. The third-order valence-electron chi connectivity index (χ3n) is 7.75. The summed E-state index contributed by atoms with van der Waals surface area (Å²) in [6.07, 6.45) is 17.8. The Hall–Kier alpha value is -0.510. The van der Waals surface area contributed by atoms with Crippen LogP contribution in [0.5, 0.6) is 0 Å². The van der Waals surface area contributed by atoms with Crippen molar-refractivity contribution in [3.63, 3.8) is 0 Å². The molecule has 6 atom stereocenters. The van der Waals surface area contributed by atoms with Crippen molar-refractivity contribution in [2.45, 2.75) is 97.3 Å². The van der Waals surface area contributed by atoms with Crippen LogP contribution in [0.4, 0.5) is 0 Å². The molecule has 0 aromatic heterocycles. The lowest BCUT2D eigenvalue weighted by Gasteiger charge is -2.52. The van der Waals surface area contributed by atoms with E-state index in [9.17, 15) is 5.26 Å². The van der Waals surface area contributed by atoms with E-state index in [0.29, 0.717) is 0 Å². The van der Waals surface area contributed by atoms with Crippen molar-refractivity contribution in [2.24, 2.45) is 35.0 Å². The minimum absolute atomic E-state index is 0.0427. The molecule has 1 nitrogen and oxygen atoms in total. The lowest BCUT2D eigenvalue weighted by molar-refractivity contribution is -0.0178. The normalized spacial score (nSPS) is 43.3. The molecule has 23 heavy (non-hydrogen) atoms. The van der Waals surface area contributed by atoms with Gasteiger partial charge in [-0.25, -0.2) is 0 Å². The summed E-state index contributed by atoms with van der Waals surface area (Å²) in [7, 11) is 0. The van der Waals surface area contributed by atoms with Crippen molar-refractivity contribution in [3.8, 4) is 6.07 Å². The second-order valence-electron chi connectivity index (χ2n) is 9.13. The molecule has 3 aliphatic carbocycles. The zero-order valence-electron chi connectivity index (χ0n) is 15.5. The largest absolute Gasteiger partial charge is 0.198 e. The molecular weight excluding hydrogens is 278 g/mol. The summed E-state index contributed by atoms with van der Waals surface area (Å²) in [5.41, 5.74) is 0.0427. The van der Waals surface area contributed by atoms with Gasteiger partial charge in [-0.2, -0.15) is 5.26 Å². The third-order valence-corrected chi connectivity index (χ3v) is 7.75. The first-order valence-corrected chi connectivity index (χ1v) is 10.6. The summed E-state index contributed by atoms with van der Waals surface area (Å²) in [5, 5.41) is 9.76. The van der Waals surface area contributed by atoms with Crippen molar-refractivity contribution >= 4 is 0 Å². The van der Waals surface area contributed by atoms with Crippen LogP contribution in [-0.4, -0.2) is 0 Å². The van der Waals surface area contributed by atoms with Crippen molar-refractivity contribution in [2.75, 3.05) is 0 Å². The highest BCUT2D eigenvalue weighted by molar-refractivity contribution is 5.06. The second kappa shape index (κ2) is 7.58. The van der Waals surface area contributed by atoms with Gasteiger partial charge in [-0.05, 0) is 81.0 Å².